The van der Waals surface area contributed by atoms with E-state index in [0.29, 0.717) is 41.7 Å². The molecule has 1 saturated heterocycles. The van der Waals surface area contributed by atoms with Crippen LogP contribution in [0.3, 0.4) is 0 Å². The van der Waals surface area contributed by atoms with Crippen molar-refractivity contribution in [1.29, 1.82) is 0 Å². The lowest BCUT2D eigenvalue weighted by atomic mass is 9.92. The minimum Gasteiger partial charge on any atom is -0.343 e. The summed E-state index contributed by atoms with van der Waals surface area (Å²) in [6.45, 7) is 5.01. The lowest BCUT2D eigenvalue weighted by Crippen LogP contribution is -2.41. The summed E-state index contributed by atoms with van der Waals surface area (Å²) >= 11 is 0. The van der Waals surface area contributed by atoms with Crippen molar-refractivity contribution in [1.82, 2.24) is 29.7 Å². The molecule has 0 radical (unpaired) electrons. The van der Waals surface area contributed by atoms with E-state index in [1.807, 2.05) is 11.8 Å². The minimum absolute atomic E-state index is 0.0230. The van der Waals surface area contributed by atoms with Crippen LogP contribution in [0.15, 0.2) is 18.6 Å². The standard InChI is InChI=1S/C20H26N6O2/c1-13-17(10-21-12-22-13)19(27)26-7-5-6-15(11-26)8-16-9-18(20(28)25(3)4)24-14(2)23-16/h9-10,12,15H,5-8,11H2,1-4H3/t15-/m1/s1. The molecule has 0 aliphatic carbocycles. The van der Waals surface area contributed by atoms with Crippen molar-refractivity contribution in [3.8, 4) is 0 Å². The number of carbonyl (C=O) groups excluding carboxylic acids is 2. The minimum atomic E-state index is -0.133. The summed E-state index contributed by atoms with van der Waals surface area (Å²) in [6.07, 6.45) is 5.71. The van der Waals surface area contributed by atoms with Crippen LogP contribution >= 0.6 is 0 Å². The summed E-state index contributed by atoms with van der Waals surface area (Å²) in [5, 5.41) is 0. The van der Waals surface area contributed by atoms with E-state index in [0.717, 1.165) is 25.1 Å². The van der Waals surface area contributed by atoms with E-state index >= 15 is 0 Å². The van der Waals surface area contributed by atoms with Crippen LogP contribution in [0.1, 0.15) is 50.9 Å². The van der Waals surface area contributed by atoms with Crippen molar-refractivity contribution in [2.45, 2.75) is 33.1 Å². The van der Waals surface area contributed by atoms with Gasteiger partial charge >= 0.3 is 0 Å². The highest BCUT2D eigenvalue weighted by molar-refractivity contribution is 5.95. The van der Waals surface area contributed by atoms with Gasteiger partial charge in [-0.2, -0.15) is 0 Å². The molecule has 0 unspecified atom stereocenters. The molecule has 8 nitrogen and oxygen atoms in total. The van der Waals surface area contributed by atoms with Crippen molar-refractivity contribution in [2.75, 3.05) is 27.2 Å². The SMILES string of the molecule is Cc1nc(C[C@H]2CCCN(C(=O)c3cncnc3C)C2)cc(C(=O)N(C)C)n1. The Bertz CT molecular complexity index is 883. The number of aryl methyl sites for hydroxylation is 2. The Morgan fingerprint density at radius 3 is 2.75 bits per heavy atom. The normalized spacial score (nSPS) is 16.7. The van der Waals surface area contributed by atoms with Crippen LogP contribution in [0.2, 0.25) is 0 Å². The van der Waals surface area contributed by atoms with E-state index in [1.165, 1.54) is 11.2 Å². The summed E-state index contributed by atoms with van der Waals surface area (Å²) in [6, 6.07) is 1.77. The van der Waals surface area contributed by atoms with Crippen LogP contribution in [-0.2, 0) is 6.42 Å². The van der Waals surface area contributed by atoms with Gasteiger partial charge in [0.1, 0.15) is 17.8 Å². The molecule has 3 heterocycles. The molecular weight excluding hydrogens is 356 g/mol. The van der Waals surface area contributed by atoms with Crippen LogP contribution < -0.4 is 0 Å². The molecule has 1 atom stereocenters. The lowest BCUT2D eigenvalue weighted by Gasteiger charge is -2.33. The summed E-state index contributed by atoms with van der Waals surface area (Å²) < 4.78 is 0. The zero-order valence-corrected chi connectivity index (χ0v) is 16.8. The number of amides is 2. The fraction of sp³-hybridized carbons (Fsp3) is 0.500. The lowest BCUT2D eigenvalue weighted by molar-refractivity contribution is 0.0671. The highest BCUT2D eigenvalue weighted by Crippen LogP contribution is 2.22. The molecule has 2 aromatic rings. The van der Waals surface area contributed by atoms with E-state index in [1.54, 1.807) is 33.3 Å². The predicted molar refractivity (Wildman–Crippen MR) is 104 cm³/mol. The maximum atomic E-state index is 12.9. The molecule has 28 heavy (non-hydrogen) atoms. The maximum Gasteiger partial charge on any atom is 0.272 e. The zero-order valence-electron chi connectivity index (χ0n) is 16.8. The third-order valence-electron chi connectivity index (χ3n) is 4.96. The van der Waals surface area contributed by atoms with Gasteiger partial charge in [-0.3, -0.25) is 9.59 Å². The van der Waals surface area contributed by atoms with E-state index in [-0.39, 0.29) is 11.8 Å². The molecule has 1 aliphatic rings. The van der Waals surface area contributed by atoms with Gasteiger partial charge < -0.3 is 9.80 Å². The fourth-order valence-corrected chi connectivity index (χ4v) is 3.56. The van der Waals surface area contributed by atoms with Crippen LogP contribution in [0, 0.1) is 19.8 Å². The molecule has 0 saturated carbocycles. The highest BCUT2D eigenvalue weighted by atomic mass is 16.2. The molecule has 0 N–H and O–H groups in total. The van der Waals surface area contributed by atoms with Gasteiger partial charge in [0.2, 0.25) is 0 Å². The number of nitrogens with zero attached hydrogens (tertiary/aromatic N) is 6. The second-order valence-corrected chi connectivity index (χ2v) is 7.48. The Labute approximate surface area is 165 Å². The summed E-state index contributed by atoms with van der Waals surface area (Å²) in [7, 11) is 3.42. The van der Waals surface area contributed by atoms with Gasteiger partial charge in [-0.15, -0.1) is 0 Å². The Hall–Kier alpha value is -2.90. The van der Waals surface area contributed by atoms with Crippen molar-refractivity contribution < 1.29 is 9.59 Å². The van der Waals surface area contributed by atoms with Crippen LogP contribution in [0.4, 0.5) is 0 Å². The summed E-state index contributed by atoms with van der Waals surface area (Å²) in [4.78, 5) is 45.4. The number of carbonyl (C=O) groups is 2. The van der Waals surface area contributed by atoms with Gasteiger partial charge in [0, 0.05) is 39.1 Å². The maximum absolute atomic E-state index is 12.9. The molecule has 1 aliphatic heterocycles. The van der Waals surface area contributed by atoms with Crippen molar-refractivity contribution in [3.63, 3.8) is 0 Å². The average molecular weight is 382 g/mol. The first-order valence-electron chi connectivity index (χ1n) is 9.47. The van der Waals surface area contributed by atoms with Crippen molar-refractivity contribution in [3.05, 3.63) is 47.1 Å². The van der Waals surface area contributed by atoms with Gasteiger partial charge in [0.05, 0.1) is 11.3 Å². The molecule has 1 fully saturated rings. The first-order valence-corrected chi connectivity index (χ1v) is 9.47. The number of piperidine rings is 1. The van der Waals surface area contributed by atoms with Gasteiger partial charge in [0.25, 0.3) is 11.8 Å². The Morgan fingerprint density at radius 2 is 2.04 bits per heavy atom. The third kappa shape index (κ3) is 4.49. The van der Waals surface area contributed by atoms with Gasteiger partial charge in [-0.05, 0) is 45.1 Å². The van der Waals surface area contributed by atoms with Crippen LogP contribution in [0.25, 0.3) is 0 Å². The van der Waals surface area contributed by atoms with Gasteiger partial charge in [-0.25, -0.2) is 19.9 Å². The molecule has 0 bridgehead atoms. The number of hydrogen-bond acceptors (Lipinski definition) is 6. The first kappa shape index (κ1) is 19.9. The molecule has 8 heteroatoms. The largest absolute Gasteiger partial charge is 0.343 e. The van der Waals surface area contributed by atoms with E-state index in [2.05, 4.69) is 19.9 Å². The Balaban J connectivity index is 1.73. The first-order chi connectivity index (χ1) is 13.3. The topological polar surface area (TPSA) is 92.2 Å². The van der Waals surface area contributed by atoms with Crippen LogP contribution in [0.5, 0.6) is 0 Å². The van der Waals surface area contributed by atoms with E-state index in [4.69, 9.17) is 0 Å². The monoisotopic (exact) mass is 382 g/mol. The van der Waals surface area contributed by atoms with Crippen molar-refractivity contribution >= 4 is 11.8 Å². The quantitative estimate of drug-likeness (QED) is 0.799. The average Bonchev–Trinajstić information content (AvgIpc) is 2.67. The predicted octanol–water partition coefficient (Wildman–Crippen LogP) is 1.68. The number of aromatic nitrogens is 4. The Morgan fingerprint density at radius 1 is 1.25 bits per heavy atom. The zero-order chi connectivity index (χ0) is 20.3. The Kier molecular flexibility index (Phi) is 5.96. The molecular formula is C20H26N6O2. The third-order valence-corrected chi connectivity index (χ3v) is 4.96. The van der Waals surface area contributed by atoms with Crippen molar-refractivity contribution in [2.24, 2.45) is 5.92 Å². The summed E-state index contributed by atoms with van der Waals surface area (Å²) in [5.41, 5.74) is 2.50. The van der Waals surface area contributed by atoms with E-state index < -0.39 is 0 Å². The molecule has 0 spiro atoms. The van der Waals surface area contributed by atoms with Crippen LogP contribution in [-0.4, -0.2) is 68.7 Å². The number of rotatable bonds is 4. The molecule has 0 aromatic carbocycles. The van der Waals surface area contributed by atoms with E-state index in [9.17, 15) is 9.59 Å². The smallest absolute Gasteiger partial charge is 0.272 e. The molecule has 3 rings (SSSR count). The molecule has 2 amide bonds. The van der Waals surface area contributed by atoms with Gasteiger partial charge in [-0.1, -0.05) is 0 Å². The fourth-order valence-electron chi connectivity index (χ4n) is 3.56. The number of likely N-dealkylation sites (tertiary alicyclic amines) is 1. The summed E-state index contributed by atoms with van der Waals surface area (Å²) in [5.74, 6) is 0.722. The van der Waals surface area contributed by atoms with Gasteiger partial charge in [0.15, 0.2) is 0 Å². The second-order valence-electron chi connectivity index (χ2n) is 7.48. The molecule has 2 aromatic heterocycles. The highest BCUT2D eigenvalue weighted by Gasteiger charge is 2.26. The number of hydrogen-bond donors (Lipinski definition) is 0. The molecule has 148 valence electrons. The second kappa shape index (κ2) is 8.41.